The lowest BCUT2D eigenvalue weighted by Gasteiger charge is -2.36. The first-order valence-electron chi connectivity index (χ1n) is 8.54. The van der Waals surface area contributed by atoms with Crippen molar-refractivity contribution in [1.82, 2.24) is 0 Å². The van der Waals surface area contributed by atoms with Crippen LogP contribution in [0.3, 0.4) is 0 Å². The van der Waals surface area contributed by atoms with Crippen molar-refractivity contribution in [1.29, 1.82) is 0 Å². The SMILES string of the molecule is CCO[Si](CC[N+]1(CC)CCCC1)(OCC)OCC.[O-][Cl+3]([O-])([O-])[O-]. The van der Waals surface area contributed by atoms with Gasteiger partial charge in [0.2, 0.25) is 0 Å². The minimum Gasteiger partial charge on any atom is -0.374 e. The molecule has 0 aromatic carbocycles. The highest BCUT2D eigenvalue weighted by Crippen LogP contribution is 2.24. The van der Waals surface area contributed by atoms with Gasteiger partial charge < -0.3 is 17.8 Å². The average molecular weight is 390 g/mol. The Labute approximate surface area is 148 Å². The Hall–Kier alpha value is 0.187. The summed E-state index contributed by atoms with van der Waals surface area (Å²) in [7, 11) is -7.39. The van der Waals surface area contributed by atoms with E-state index in [0.29, 0.717) is 19.8 Å². The van der Waals surface area contributed by atoms with Crippen molar-refractivity contribution >= 4 is 8.80 Å². The number of hydrogen-bond donors (Lipinski definition) is 0. The van der Waals surface area contributed by atoms with E-state index in [1.807, 2.05) is 20.8 Å². The summed E-state index contributed by atoms with van der Waals surface area (Å²) < 4.78 is 53.0. The first-order valence-corrected chi connectivity index (χ1v) is 11.7. The van der Waals surface area contributed by atoms with Gasteiger partial charge in [-0.25, -0.2) is 18.6 Å². The van der Waals surface area contributed by atoms with Crippen LogP contribution >= 0.6 is 0 Å². The van der Waals surface area contributed by atoms with E-state index in [-0.39, 0.29) is 0 Å². The molecule has 146 valence electrons. The zero-order chi connectivity index (χ0) is 18.7. The van der Waals surface area contributed by atoms with E-state index in [2.05, 4.69) is 6.92 Å². The molecular formula is C14H32ClNO7Si. The van der Waals surface area contributed by atoms with Gasteiger partial charge in [0, 0.05) is 32.7 Å². The number of halogens is 1. The molecule has 1 rings (SSSR count). The average Bonchev–Trinajstić information content (AvgIpc) is 2.94. The van der Waals surface area contributed by atoms with Gasteiger partial charge in [0.15, 0.2) is 0 Å². The predicted molar refractivity (Wildman–Crippen MR) is 80.1 cm³/mol. The van der Waals surface area contributed by atoms with Crippen LogP contribution in [0, 0.1) is 10.2 Å². The van der Waals surface area contributed by atoms with Crippen molar-refractivity contribution in [3.8, 4) is 0 Å². The minimum absolute atomic E-state index is 0.679. The summed E-state index contributed by atoms with van der Waals surface area (Å²) in [6, 6.07) is 0.955. The molecule has 0 aromatic rings. The largest absolute Gasteiger partial charge is 0.506 e. The third-order valence-corrected chi connectivity index (χ3v) is 7.19. The molecule has 0 unspecified atom stereocenters. The molecule has 8 nitrogen and oxygen atoms in total. The van der Waals surface area contributed by atoms with Crippen molar-refractivity contribution in [2.45, 2.75) is 46.6 Å². The molecule has 1 aliphatic rings. The molecule has 0 spiro atoms. The molecule has 0 amide bonds. The Balaban J connectivity index is 0.000000922. The van der Waals surface area contributed by atoms with Crippen molar-refractivity contribution in [2.24, 2.45) is 0 Å². The van der Waals surface area contributed by atoms with Crippen molar-refractivity contribution < 1.29 is 46.6 Å². The van der Waals surface area contributed by atoms with Gasteiger partial charge in [-0.1, -0.05) is 0 Å². The fourth-order valence-electron chi connectivity index (χ4n) is 3.08. The zero-order valence-electron chi connectivity index (χ0n) is 15.3. The maximum atomic E-state index is 8.49. The van der Waals surface area contributed by atoms with Gasteiger partial charge in [-0.3, -0.25) is 0 Å². The molecule has 24 heavy (non-hydrogen) atoms. The molecule has 1 fully saturated rings. The van der Waals surface area contributed by atoms with Crippen LogP contribution in [0.5, 0.6) is 0 Å². The molecular weight excluding hydrogens is 358 g/mol. The van der Waals surface area contributed by atoms with Gasteiger partial charge in [0.05, 0.1) is 32.2 Å². The molecule has 10 heteroatoms. The number of hydrogen-bond acceptors (Lipinski definition) is 7. The van der Waals surface area contributed by atoms with Crippen molar-refractivity contribution in [3.63, 3.8) is 0 Å². The van der Waals surface area contributed by atoms with Gasteiger partial charge >= 0.3 is 8.80 Å². The van der Waals surface area contributed by atoms with E-state index in [1.54, 1.807) is 0 Å². The van der Waals surface area contributed by atoms with Crippen LogP contribution in [0.25, 0.3) is 0 Å². The predicted octanol–water partition coefficient (Wildman–Crippen LogP) is -2.09. The maximum Gasteiger partial charge on any atom is 0.506 e. The molecule has 0 atom stereocenters. The zero-order valence-corrected chi connectivity index (χ0v) is 17.0. The molecule has 0 bridgehead atoms. The van der Waals surface area contributed by atoms with Gasteiger partial charge in [0.1, 0.15) is 0 Å². The van der Waals surface area contributed by atoms with Crippen LogP contribution in [-0.2, 0) is 13.3 Å². The number of quaternary nitrogens is 1. The molecule has 1 saturated heterocycles. The first kappa shape index (κ1) is 24.2. The lowest BCUT2D eigenvalue weighted by atomic mass is 10.4. The fourth-order valence-corrected chi connectivity index (χ4v) is 5.83. The van der Waals surface area contributed by atoms with Gasteiger partial charge in [0.25, 0.3) is 0 Å². The van der Waals surface area contributed by atoms with Crippen LogP contribution in [0.15, 0.2) is 0 Å². The molecule has 0 saturated carbocycles. The summed E-state index contributed by atoms with van der Waals surface area (Å²) in [4.78, 5) is 0. The van der Waals surface area contributed by atoms with Gasteiger partial charge in [-0.15, -0.1) is 10.2 Å². The van der Waals surface area contributed by atoms with E-state index in [9.17, 15) is 0 Å². The normalized spacial score (nSPS) is 17.5. The topological polar surface area (TPSA) is 120 Å². The lowest BCUT2D eigenvalue weighted by molar-refractivity contribution is -2.00. The highest BCUT2D eigenvalue weighted by molar-refractivity contribution is 6.60. The second-order valence-electron chi connectivity index (χ2n) is 5.65. The molecule has 1 aliphatic heterocycles. The van der Waals surface area contributed by atoms with Crippen LogP contribution in [0.2, 0.25) is 6.04 Å². The summed E-state index contributed by atoms with van der Waals surface area (Å²) in [5.74, 6) is 0. The van der Waals surface area contributed by atoms with E-state index in [0.717, 1.165) is 12.6 Å². The van der Waals surface area contributed by atoms with Crippen molar-refractivity contribution in [2.75, 3.05) is 46.0 Å². The minimum atomic E-state index is -4.94. The Bertz CT molecular complexity index is 302. The molecule has 0 N–H and O–H groups in total. The quantitative estimate of drug-likeness (QED) is 0.310. The number of rotatable bonds is 10. The van der Waals surface area contributed by atoms with Crippen LogP contribution in [0.4, 0.5) is 0 Å². The second-order valence-corrected chi connectivity index (χ2v) is 9.13. The summed E-state index contributed by atoms with van der Waals surface area (Å²) in [6.45, 7) is 15.4. The second kappa shape index (κ2) is 11.7. The van der Waals surface area contributed by atoms with Crippen molar-refractivity contribution in [3.05, 3.63) is 0 Å². The number of nitrogens with zero attached hydrogens (tertiary/aromatic N) is 1. The Morgan fingerprint density at radius 2 is 1.21 bits per heavy atom. The summed E-state index contributed by atoms with van der Waals surface area (Å²) >= 11 is 0. The molecule has 0 aromatic heterocycles. The highest BCUT2D eigenvalue weighted by Gasteiger charge is 2.44. The van der Waals surface area contributed by atoms with E-state index < -0.39 is 19.0 Å². The molecule has 1 heterocycles. The Morgan fingerprint density at radius 3 is 1.50 bits per heavy atom. The molecule has 0 radical (unpaired) electrons. The Kier molecular flexibility index (Phi) is 11.8. The lowest BCUT2D eigenvalue weighted by Crippen LogP contribution is -2.68. The summed E-state index contributed by atoms with van der Waals surface area (Å²) in [5, 5.41) is 0. The van der Waals surface area contributed by atoms with Crippen LogP contribution in [-0.4, -0.2) is 59.3 Å². The third kappa shape index (κ3) is 10.2. The number of likely N-dealkylation sites (tertiary alicyclic amines) is 1. The monoisotopic (exact) mass is 389 g/mol. The third-order valence-electron chi connectivity index (χ3n) is 4.17. The first-order chi connectivity index (χ1) is 11.2. The van der Waals surface area contributed by atoms with E-state index in [4.69, 9.17) is 31.9 Å². The molecule has 0 aliphatic carbocycles. The van der Waals surface area contributed by atoms with Crippen LogP contribution < -0.4 is 18.6 Å². The van der Waals surface area contributed by atoms with Gasteiger partial charge in [-0.2, -0.15) is 0 Å². The van der Waals surface area contributed by atoms with E-state index >= 15 is 0 Å². The standard InChI is InChI=1S/C14H32NO3Si.ClHO4/c1-5-15(11-9-10-12-15)13-14-19(16-6-2,17-7-3)18-8-4;2-1(3,4)5/h5-14H2,1-4H3;(H,2,3,4,5)/q+1;/p-1. The fraction of sp³-hybridized carbons (Fsp3) is 1.00. The summed E-state index contributed by atoms with van der Waals surface area (Å²) in [5.41, 5.74) is 0. The highest BCUT2D eigenvalue weighted by atomic mass is 35.7. The Morgan fingerprint density at radius 1 is 0.833 bits per heavy atom. The van der Waals surface area contributed by atoms with E-state index in [1.165, 1.54) is 37.0 Å². The van der Waals surface area contributed by atoms with Gasteiger partial charge in [-0.05, 0) is 27.7 Å². The van der Waals surface area contributed by atoms with Crippen LogP contribution in [0.1, 0.15) is 40.5 Å². The smallest absolute Gasteiger partial charge is 0.374 e. The maximum absolute atomic E-state index is 8.49. The summed E-state index contributed by atoms with van der Waals surface area (Å²) in [6.07, 6.45) is 2.72.